The van der Waals surface area contributed by atoms with Gasteiger partial charge in [0.25, 0.3) is 5.91 Å². The van der Waals surface area contributed by atoms with E-state index in [1.54, 1.807) is 22.1 Å². The lowest BCUT2D eigenvalue weighted by atomic mass is 10.0. The number of carbonyl (C=O) groups is 2. The van der Waals surface area contributed by atoms with Gasteiger partial charge in [0, 0.05) is 37.6 Å². The van der Waals surface area contributed by atoms with Gasteiger partial charge < -0.3 is 9.80 Å². The molecule has 0 bridgehead atoms. The van der Waals surface area contributed by atoms with Crippen LogP contribution in [0.5, 0.6) is 0 Å². The third kappa shape index (κ3) is 3.18. The van der Waals surface area contributed by atoms with Crippen molar-refractivity contribution in [3.05, 3.63) is 81.3 Å². The molecule has 2 aliphatic rings. The summed E-state index contributed by atoms with van der Waals surface area (Å²) in [5.74, 6) is -0.265. The summed E-state index contributed by atoms with van der Waals surface area (Å²) in [6.07, 6.45) is 3.49. The number of hydrogen-bond acceptors (Lipinski definition) is 5. The number of fused-ring (bicyclic) bond motifs is 2. The minimum absolute atomic E-state index is 0.0615. The third-order valence-electron chi connectivity index (χ3n) is 5.71. The van der Waals surface area contributed by atoms with Crippen molar-refractivity contribution < 1.29 is 9.59 Å². The monoisotopic (exact) mass is 404 g/mol. The van der Waals surface area contributed by atoms with E-state index < -0.39 is 5.69 Å². The van der Waals surface area contributed by atoms with Gasteiger partial charge in [0.2, 0.25) is 5.91 Å². The average molecular weight is 404 g/mol. The molecule has 5 rings (SSSR count). The van der Waals surface area contributed by atoms with Crippen LogP contribution in [0.15, 0.2) is 47.5 Å². The molecule has 0 saturated heterocycles. The quantitative estimate of drug-likeness (QED) is 0.692. The second-order valence-electron chi connectivity index (χ2n) is 7.55. The number of rotatable bonds is 3. The Bertz CT molecular complexity index is 1170. The van der Waals surface area contributed by atoms with Crippen molar-refractivity contribution in [2.75, 3.05) is 6.54 Å². The molecule has 30 heavy (non-hydrogen) atoms. The highest BCUT2D eigenvalue weighted by Gasteiger charge is 2.31. The zero-order valence-corrected chi connectivity index (χ0v) is 16.2. The Labute approximate surface area is 172 Å². The first kappa shape index (κ1) is 18.3. The summed E-state index contributed by atoms with van der Waals surface area (Å²) < 4.78 is 1.28. The maximum atomic E-state index is 13.1. The number of aromatic amines is 1. The SMILES string of the molecule is O=C(Cn1cccnc1=O)N1CCc2c(C(=O)N3Cc4ccccc4C3)n[nH]c2C1. The molecule has 2 aliphatic heterocycles. The number of carbonyl (C=O) groups excluding carboxylic acids is 2. The molecule has 2 amide bonds. The number of H-pyrrole nitrogens is 1. The van der Waals surface area contributed by atoms with E-state index in [1.807, 2.05) is 24.3 Å². The van der Waals surface area contributed by atoms with Gasteiger partial charge in [0.1, 0.15) is 6.54 Å². The second-order valence-corrected chi connectivity index (χ2v) is 7.55. The molecule has 0 atom stereocenters. The van der Waals surface area contributed by atoms with Gasteiger partial charge in [-0.15, -0.1) is 0 Å². The molecular formula is C21H20N6O3. The minimum atomic E-state index is -0.454. The van der Waals surface area contributed by atoms with E-state index in [4.69, 9.17) is 0 Å². The van der Waals surface area contributed by atoms with Crippen LogP contribution in [0.25, 0.3) is 0 Å². The maximum absolute atomic E-state index is 13.1. The van der Waals surface area contributed by atoms with E-state index in [0.717, 1.165) is 22.4 Å². The minimum Gasteiger partial charge on any atom is -0.335 e. The van der Waals surface area contributed by atoms with E-state index in [9.17, 15) is 14.4 Å². The number of nitrogens with one attached hydrogen (secondary N) is 1. The van der Waals surface area contributed by atoms with Gasteiger partial charge in [-0.2, -0.15) is 5.10 Å². The molecule has 0 radical (unpaired) electrons. The summed E-state index contributed by atoms with van der Waals surface area (Å²) in [7, 11) is 0. The topological polar surface area (TPSA) is 104 Å². The molecule has 9 heteroatoms. The fourth-order valence-corrected chi connectivity index (χ4v) is 4.09. The molecule has 3 aromatic rings. The van der Waals surface area contributed by atoms with Gasteiger partial charge in [-0.3, -0.25) is 19.3 Å². The molecule has 9 nitrogen and oxygen atoms in total. The van der Waals surface area contributed by atoms with Crippen LogP contribution in [-0.2, 0) is 37.4 Å². The first-order chi connectivity index (χ1) is 14.6. The summed E-state index contributed by atoms with van der Waals surface area (Å²) in [5, 5.41) is 7.22. The summed E-state index contributed by atoms with van der Waals surface area (Å²) >= 11 is 0. The van der Waals surface area contributed by atoms with Crippen LogP contribution in [0.1, 0.15) is 32.9 Å². The molecule has 152 valence electrons. The van der Waals surface area contributed by atoms with Crippen molar-refractivity contribution >= 4 is 11.8 Å². The first-order valence-corrected chi connectivity index (χ1v) is 9.81. The van der Waals surface area contributed by atoms with Gasteiger partial charge >= 0.3 is 5.69 Å². The van der Waals surface area contributed by atoms with Crippen LogP contribution in [0.3, 0.4) is 0 Å². The van der Waals surface area contributed by atoms with Crippen LogP contribution < -0.4 is 5.69 Å². The molecule has 0 fully saturated rings. The van der Waals surface area contributed by atoms with Gasteiger partial charge in [-0.05, 0) is 23.6 Å². The Balaban J connectivity index is 1.29. The Morgan fingerprint density at radius 3 is 2.53 bits per heavy atom. The molecule has 0 spiro atoms. The van der Waals surface area contributed by atoms with Crippen molar-refractivity contribution in [2.24, 2.45) is 0 Å². The summed E-state index contributed by atoms with van der Waals surface area (Å²) in [4.78, 5) is 44.6. The van der Waals surface area contributed by atoms with E-state index in [2.05, 4.69) is 15.2 Å². The lowest BCUT2D eigenvalue weighted by Crippen LogP contribution is -2.40. The fourth-order valence-electron chi connectivity index (χ4n) is 4.09. The molecule has 2 aromatic heterocycles. The highest BCUT2D eigenvalue weighted by Crippen LogP contribution is 2.27. The van der Waals surface area contributed by atoms with Crippen LogP contribution in [0.2, 0.25) is 0 Å². The molecule has 4 heterocycles. The largest absolute Gasteiger partial charge is 0.347 e. The Hall–Kier alpha value is -3.75. The predicted molar refractivity (Wildman–Crippen MR) is 106 cm³/mol. The van der Waals surface area contributed by atoms with Crippen LogP contribution in [0, 0.1) is 0 Å². The van der Waals surface area contributed by atoms with E-state index >= 15 is 0 Å². The van der Waals surface area contributed by atoms with Crippen molar-refractivity contribution in [1.29, 1.82) is 0 Å². The zero-order valence-electron chi connectivity index (χ0n) is 16.2. The van der Waals surface area contributed by atoms with Crippen molar-refractivity contribution in [3.63, 3.8) is 0 Å². The number of hydrogen-bond donors (Lipinski definition) is 1. The third-order valence-corrected chi connectivity index (χ3v) is 5.71. The molecule has 0 aliphatic carbocycles. The Kier molecular flexibility index (Phi) is 4.42. The Morgan fingerprint density at radius 1 is 1.03 bits per heavy atom. The highest BCUT2D eigenvalue weighted by molar-refractivity contribution is 5.94. The summed E-state index contributed by atoms with van der Waals surface area (Å²) in [6.45, 7) is 1.92. The lowest BCUT2D eigenvalue weighted by molar-refractivity contribution is -0.132. The summed E-state index contributed by atoms with van der Waals surface area (Å²) in [6, 6.07) is 9.66. The van der Waals surface area contributed by atoms with Crippen LogP contribution >= 0.6 is 0 Å². The number of nitrogens with zero attached hydrogens (tertiary/aromatic N) is 5. The number of benzene rings is 1. The smallest absolute Gasteiger partial charge is 0.335 e. The number of aromatic nitrogens is 4. The van der Waals surface area contributed by atoms with Gasteiger partial charge in [0.05, 0.1) is 12.2 Å². The van der Waals surface area contributed by atoms with Crippen molar-refractivity contribution in [1.82, 2.24) is 29.5 Å². The van der Waals surface area contributed by atoms with Crippen molar-refractivity contribution in [3.8, 4) is 0 Å². The maximum Gasteiger partial charge on any atom is 0.347 e. The predicted octanol–water partition coefficient (Wildman–Crippen LogP) is 0.707. The standard InChI is InChI=1S/C21H20N6O3/c28-18(13-26-8-3-7-22-21(26)30)25-9-6-16-17(12-25)23-24-19(16)20(29)27-10-14-4-1-2-5-15(14)11-27/h1-5,7-8H,6,9-13H2,(H,23,24). The van der Waals surface area contributed by atoms with E-state index in [1.165, 1.54) is 10.8 Å². The second kappa shape index (κ2) is 7.25. The normalized spacial score (nSPS) is 15.1. The van der Waals surface area contributed by atoms with Gasteiger partial charge in [0.15, 0.2) is 5.69 Å². The Morgan fingerprint density at radius 2 is 1.80 bits per heavy atom. The molecule has 1 aromatic carbocycles. The van der Waals surface area contributed by atoms with Crippen molar-refractivity contribution in [2.45, 2.75) is 32.6 Å². The summed E-state index contributed by atoms with van der Waals surface area (Å²) in [5.41, 5.74) is 3.96. The van der Waals surface area contributed by atoms with Gasteiger partial charge in [-0.1, -0.05) is 24.3 Å². The van der Waals surface area contributed by atoms with E-state index in [0.29, 0.717) is 38.3 Å². The van der Waals surface area contributed by atoms with Gasteiger partial charge in [-0.25, -0.2) is 9.78 Å². The van der Waals surface area contributed by atoms with Crippen LogP contribution in [0.4, 0.5) is 0 Å². The lowest BCUT2D eigenvalue weighted by Gasteiger charge is -2.27. The molecule has 1 N–H and O–H groups in total. The number of amides is 2. The van der Waals surface area contributed by atoms with Crippen LogP contribution in [-0.4, -0.2) is 47.9 Å². The first-order valence-electron chi connectivity index (χ1n) is 9.81. The zero-order chi connectivity index (χ0) is 20.7. The molecular weight excluding hydrogens is 384 g/mol. The molecule has 0 unspecified atom stereocenters. The fraction of sp³-hybridized carbons (Fsp3) is 0.286. The highest BCUT2D eigenvalue weighted by atomic mass is 16.2. The molecule has 0 saturated carbocycles. The average Bonchev–Trinajstić information content (AvgIpc) is 3.38. The van der Waals surface area contributed by atoms with E-state index in [-0.39, 0.29) is 18.4 Å².